The summed E-state index contributed by atoms with van der Waals surface area (Å²) in [6.45, 7) is 6.33. The molecule has 0 aliphatic carbocycles. The van der Waals surface area contributed by atoms with Gasteiger partial charge in [-0.2, -0.15) is 0 Å². The minimum Gasteiger partial charge on any atom is -0.318 e. The van der Waals surface area contributed by atoms with E-state index in [0.717, 1.165) is 48.6 Å². The molecule has 1 aromatic carbocycles. The van der Waals surface area contributed by atoms with Crippen LogP contribution in [0.2, 0.25) is 0 Å². The van der Waals surface area contributed by atoms with Crippen LogP contribution in [0, 0.1) is 24.0 Å². The fourth-order valence-corrected chi connectivity index (χ4v) is 3.57. The molecule has 6 heteroatoms. The smallest absolute Gasteiger partial charge is 0.269 e. The molecular weight excluding hydrogens is 318 g/mol. The van der Waals surface area contributed by atoms with Gasteiger partial charge in [0.05, 0.1) is 11.5 Å². The summed E-state index contributed by atoms with van der Waals surface area (Å²) in [6.07, 6.45) is 3.57. The van der Waals surface area contributed by atoms with E-state index in [9.17, 15) is 14.9 Å². The molecule has 25 heavy (non-hydrogen) atoms. The predicted octanol–water partition coefficient (Wildman–Crippen LogP) is 3.67. The van der Waals surface area contributed by atoms with Crippen molar-refractivity contribution in [3.05, 3.63) is 57.4 Å². The number of carbonyl (C=O) groups excluding carboxylic acids is 1. The number of nitrogens with zero attached hydrogens (tertiary/aromatic N) is 3. The summed E-state index contributed by atoms with van der Waals surface area (Å²) in [5.74, 6) is 0.142. The van der Waals surface area contributed by atoms with Crippen molar-refractivity contribution in [2.75, 3.05) is 19.6 Å². The fourth-order valence-electron chi connectivity index (χ4n) is 3.57. The van der Waals surface area contributed by atoms with Crippen LogP contribution in [0.15, 0.2) is 30.3 Å². The number of ketones is 1. The molecule has 1 aliphatic rings. The minimum atomic E-state index is -0.410. The van der Waals surface area contributed by atoms with Crippen LogP contribution in [-0.4, -0.2) is 39.8 Å². The normalized spacial score (nSPS) is 15.3. The Hall–Kier alpha value is -2.47. The third-order valence-electron chi connectivity index (χ3n) is 4.87. The molecule has 1 saturated heterocycles. The number of piperidine rings is 1. The molecule has 0 radical (unpaired) electrons. The maximum absolute atomic E-state index is 12.7. The SMILES string of the molecule is Cc1cc(C(=O)CN2CCCCC2)c(C)n1-c1ccc([N+](=O)[O-])cc1. The molecule has 0 amide bonds. The molecule has 1 aliphatic heterocycles. The minimum absolute atomic E-state index is 0.0626. The van der Waals surface area contributed by atoms with Gasteiger partial charge in [0.2, 0.25) is 0 Å². The average molecular weight is 341 g/mol. The molecule has 0 bridgehead atoms. The summed E-state index contributed by atoms with van der Waals surface area (Å²) in [4.78, 5) is 25.4. The van der Waals surface area contributed by atoms with E-state index >= 15 is 0 Å². The van der Waals surface area contributed by atoms with E-state index in [2.05, 4.69) is 4.90 Å². The number of hydrogen-bond donors (Lipinski definition) is 0. The molecule has 1 fully saturated rings. The number of nitro groups is 1. The van der Waals surface area contributed by atoms with Gasteiger partial charge in [0.1, 0.15) is 0 Å². The fraction of sp³-hybridized carbons (Fsp3) is 0.421. The van der Waals surface area contributed by atoms with Gasteiger partial charge in [0.25, 0.3) is 5.69 Å². The third kappa shape index (κ3) is 3.64. The Bertz CT molecular complexity index is 787. The van der Waals surface area contributed by atoms with Gasteiger partial charge in [-0.3, -0.25) is 19.8 Å². The molecule has 0 atom stereocenters. The van der Waals surface area contributed by atoms with Crippen molar-refractivity contribution in [2.45, 2.75) is 33.1 Å². The Kier molecular flexibility index (Phi) is 4.99. The third-order valence-corrected chi connectivity index (χ3v) is 4.87. The van der Waals surface area contributed by atoms with Crippen LogP contribution in [0.3, 0.4) is 0 Å². The molecular formula is C19H23N3O3. The number of hydrogen-bond acceptors (Lipinski definition) is 4. The molecule has 0 spiro atoms. The number of aromatic nitrogens is 1. The van der Waals surface area contributed by atoms with Crippen LogP contribution in [0.25, 0.3) is 5.69 Å². The number of nitro benzene ring substituents is 1. The van der Waals surface area contributed by atoms with E-state index in [1.165, 1.54) is 18.6 Å². The van der Waals surface area contributed by atoms with Crippen molar-refractivity contribution in [3.8, 4) is 5.69 Å². The van der Waals surface area contributed by atoms with Gasteiger partial charge in [-0.25, -0.2) is 0 Å². The van der Waals surface area contributed by atoms with Crippen LogP contribution >= 0.6 is 0 Å². The summed E-state index contributed by atoms with van der Waals surface area (Å²) in [5.41, 5.74) is 3.47. The zero-order valence-corrected chi connectivity index (χ0v) is 14.7. The van der Waals surface area contributed by atoms with Crippen molar-refractivity contribution in [1.82, 2.24) is 9.47 Å². The van der Waals surface area contributed by atoms with Gasteiger partial charge in [-0.1, -0.05) is 6.42 Å². The number of non-ortho nitro benzene ring substituents is 1. The second kappa shape index (κ2) is 7.19. The first-order chi connectivity index (χ1) is 12.0. The maximum Gasteiger partial charge on any atom is 0.269 e. The second-order valence-electron chi connectivity index (χ2n) is 6.65. The van der Waals surface area contributed by atoms with Gasteiger partial charge >= 0.3 is 0 Å². The number of carbonyl (C=O) groups is 1. The van der Waals surface area contributed by atoms with Crippen molar-refractivity contribution >= 4 is 11.5 Å². The van der Waals surface area contributed by atoms with Crippen molar-refractivity contribution in [2.24, 2.45) is 0 Å². The molecule has 6 nitrogen and oxygen atoms in total. The number of benzene rings is 1. The highest BCUT2D eigenvalue weighted by molar-refractivity contribution is 5.99. The Balaban J connectivity index is 1.84. The number of rotatable bonds is 5. The Morgan fingerprint density at radius 2 is 1.76 bits per heavy atom. The highest BCUT2D eigenvalue weighted by Crippen LogP contribution is 2.23. The summed E-state index contributed by atoms with van der Waals surface area (Å²) in [7, 11) is 0. The summed E-state index contributed by atoms with van der Waals surface area (Å²) < 4.78 is 1.98. The van der Waals surface area contributed by atoms with Gasteiger partial charge in [0, 0.05) is 34.8 Å². The maximum atomic E-state index is 12.7. The Morgan fingerprint density at radius 1 is 1.12 bits per heavy atom. The van der Waals surface area contributed by atoms with Gasteiger partial charge < -0.3 is 4.57 Å². The first-order valence-corrected chi connectivity index (χ1v) is 8.66. The van der Waals surface area contributed by atoms with Crippen LogP contribution in [0.5, 0.6) is 0 Å². The van der Waals surface area contributed by atoms with Gasteiger partial charge in [0.15, 0.2) is 5.78 Å². The largest absolute Gasteiger partial charge is 0.318 e. The predicted molar refractivity (Wildman–Crippen MR) is 96.5 cm³/mol. The number of Topliss-reactive ketones (excluding diaryl/α,β-unsaturated/α-hetero) is 1. The lowest BCUT2D eigenvalue weighted by Gasteiger charge is -2.25. The highest BCUT2D eigenvalue weighted by atomic mass is 16.6. The highest BCUT2D eigenvalue weighted by Gasteiger charge is 2.20. The first-order valence-electron chi connectivity index (χ1n) is 8.66. The van der Waals surface area contributed by atoms with E-state index in [4.69, 9.17) is 0 Å². The summed E-state index contributed by atoms with van der Waals surface area (Å²) >= 11 is 0. The zero-order valence-electron chi connectivity index (χ0n) is 14.7. The topological polar surface area (TPSA) is 68.4 Å². The lowest BCUT2D eigenvalue weighted by atomic mass is 10.1. The van der Waals surface area contributed by atoms with Gasteiger partial charge in [-0.05, 0) is 58.0 Å². The van der Waals surface area contributed by atoms with E-state index in [0.29, 0.717) is 6.54 Å². The first kappa shape index (κ1) is 17.4. The van der Waals surface area contributed by atoms with Crippen LogP contribution < -0.4 is 0 Å². The van der Waals surface area contributed by atoms with E-state index in [1.807, 2.05) is 24.5 Å². The van der Waals surface area contributed by atoms with Crippen molar-refractivity contribution in [3.63, 3.8) is 0 Å². The molecule has 132 valence electrons. The monoisotopic (exact) mass is 341 g/mol. The van der Waals surface area contributed by atoms with Gasteiger partial charge in [-0.15, -0.1) is 0 Å². The van der Waals surface area contributed by atoms with E-state index in [1.54, 1.807) is 12.1 Å². The Labute approximate surface area is 147 Å². The standard InChI is InChI=1S/C19H23N3O3/c1-14-12-18(19(23)13-20-10-4-3-5-11-20)15(2)21(14)16-6-8-17(9-7-16)22(24)25/h6-9,12H,3-5,10-11,13H2,1-2H3. The Morgan fingerprint density at radius 3 is 2.36 bits per heavy atom. The van der Waals surface area contributed by atoms with Crippen molar-refractivity contribution in [1.29, 1.82) is 0 Å². The average Bonchev–Trinajstić information content (AvgIpc) is 2.90. The summed E-state index contributed by atoms with van der Waals surface area (Å²) in [6, 6.07) is 8.34. The summed E-state index contributed by atoms with van der Waals surface area (Å²) in [5, 5.41) is 10.8. The lowest BCUT2D eigenvalue weighted by Crippen LogP contribution is -2.34. The molecule has 1 aromatic heterocycles. The molecule has 2 aromatic rings. The molecule has 0 N–H and O–H groups in total. The molecule has 0 unspecified atom stereocenters. The van der Waals surface area contributed by atoms with E-state index in [-0.39, 0.29) is 11.5 Å². The second-order valence-corrected chi connectivity index (χ2v) is 6.65. The molecule has 3 rings (SSSR count). The van der Waals surface area contributed by atoms with Crippen LogP contribution in [-0.2, 0) is 0 Å². The zero-order chi connectivity index (χ0) is 18.0. The number of likely N-dealkylation sites (tertiary alicyclic amines) is 1. The van der Waals surface area contributed by atoms with Crippen LogP contribution in [0.4, 0.5) is 5.69 Å². The van der Waals surface area contributed by atoms with Crippen LogP contribution in [0.1, 0.15) is 41.0 Å². The molecule has 2 heterocycles. The van der Waals surface area contributed by atoms with Crippen molar-refractivity contribution < 1.29 is 9.72 Å². The van der Waals surface area contributed by atoms with E-state index < -0.39 is 4.92 Å². The lowest BCUT2D eigenvalue weighted by molar-refractivity contribution is -0.384. The number of aryl methyl sites for hydroxylation is 1. The quantitative estimate of drug-likeness (QED) is 0.473. The molecule has 0 saturated carbocycles.